The second-order valence-corrected chi connectivity index (χ2v) is 8.61. The van der Waals surface area contributed by atoms with Crippen molar-refractivity contribution in [3.63, 3.8) is 0 Å². The van der Waals surface area contributed by atoms with Gasteiger partial charge >= 0.3 is 0 Å². The molecule has 2 aromatic carbocycles. The summed E-state index contributed by atoms with van der Waals surface area (Å²) >= 11 is 0. The zero-order chi connectivity index (χ0) is 18.4. The largest absolute Gasteiger partial charge is 0.343 e. The molecule has 27 heavy (non-hydrogen) atoms. The van der Waals surface area contributed by atoms with Crippen molar-refractivity contribution in [1.82, 2.24) is 4.90 Å². The van der Waals surface area contributed by atoms with Crippen LogP contribution in [-0.2, 0) is 16.4 Å². The Bertz CT molecular complexity index is 847. The number of nitrogens with one attached hydrogen (secondary N) is 1. The Hall–Kier alpha value is -1.61. The van der Waals surface area contributed by atoms with E-state index in [2.05, 4.69) is 10.2 Å². The highest BCUT2D eigenvalue weighted by Gasteiger charge is 2.15. The molecule has 0 amide bonds. The standard InChI is InChI=1S/C20H25N3O2S.HI/c1-26(24,25)19-12-10-17(11-13-19)16-21-20(23-14-6-3-7-15-23)22-18-8-4-2-5-9-18;/h2,4-5,8-13H,3,6-7,14-16H2,1H3,(H,21,22);1H. The maximum Gasteiger partial charge on any atom is 0.198 e. The number of hydrogen-bond donors (Lipinski definition) is 1. The van der Waals surface area contributed by atoms with Crippen LogP contribution in [-0.4, -0.2) is 38.6 Å². The van der Waals surface area contributed by atoms with Crippen molar-refractivity contribution in [2.24, 2.45) is 4.99 Å². The lowest BCUT2D eigenvalue weighted by atomic mass is 10.1. The quantitative estimate of drug-likeness (QED) is 0.390. The zero-order valence-electron chi connectivity index (χ0n) is 15.5. The summed E-state index contributed by atoms with van der Waals surface area (Å²) in [5, 5.41) is 3.43. The van der Waals surface area contributed by atoms with Crippen LogP contribution >= 0.6 is 24.0 Å². The number of benzene rings is 2. The normalized spacial score (nSPS) is 15.1. The number of halogens is 1. The highest BCUT2D eigenvalue weighted by molar-refractivity contribution is 14.0. The molecule has 146 valence electrons. The summed E-state index contributed by atoms with van der Waals surface area (Å²) in [6.07, 6.45) is 4.84. The minimum absolute atomic E-state index is 0. The lowest BCUT2D eigenvalue weighted by molar-refractivity contribution is 0.340. The van der Waals surface area contributed by atoms with Crippen LogP contribution in [0, 0.1) is 0 Å². The van der Waals surface area contributed by atoms with Crippen LogP contribution in [0.5, 0.6) is 0 Å². The van der Waals surface area contributed by atoms with E-state index in [9.17, 15) is 8.42 Å². The van der Waals surface area contributed by atoms with E-state index in [0.29, 0.717) is 11.4 Å². The summed E-state index contributed by atoms with van der Waals surface area (Å²) in [6.45, 7) is 2.52. The smallest absolute Gasteiger partial charge is 0.198 e. The van der Waals surface area contributed by atoms with Gasteiger partial charge in [-0.3, -0.25) is 0 Å². The van der Waals surface area contributed by atoms with Gasteiger partial charge in [0.05, 0.1) is 11.4 Å². The van der Waals surface area contributed by atoms with Crippen molar-refractivity contribution in [3.05, 3.63) is 60.2 Å². The average molecular weight is 499 g/mol. The van der Waals surface area contributed by atoms with Gasteiger partial charge in [0.1, 0.15) is 0 Å². The van der Waals surface area contributed by atoms with Gasteiger partial charge in [0.2, 0.25) is 0 Å². The molecule has 5 nitrogen and oxygen atoms in total. The molecule has 0 spiro atoms. The molecule has 1 saturated heterocycles. The number of aliphatic imine (C=N–C) groups is 1. The summed E-state index contributed by atoms with van der Waals surface area (Å²) < 4.78 is 23.2. The van der Waals surface area contributed by atoms with E-state index >= 15 is 0 Å². The molecule has 0 unspecified atom stereocenters. The van der Waals surface area contributed by atoms with Crippen molar-refractivity contribution in [3.8, 4) is 0 Å². The Morgan fingerprint density at radius 3 is 2.22 bits per heavy atom. The first kappa shape index (κ1) is 21.7. The van der Waals surface area contributed by atoms with Crippen LogP contribution in [0.4, 0.5) is 5.69 Å². The molecule has 1 aliphatic heterocycles. The second-order valence-electron chi connectivity index (χ2n) is 6.59. The molecular weight excluding hydrogens is 473 g/mol. The zero-order valence-corrected chi connectivity index (χ0v) is 18.6. The lowest BCUT2D eigenvalue weighted by Gasteiger charge is -2.30. The number of guanidine groups is 1. The van der Waals surface area contributed by atoms with Gasteiger partial charge in [-0.2, -0.15) is 0 Å². The fourth-order valence-corrected chi connectivity index (χ4v) is 3.61. The van der Waals surface area contributed by atoms with Crippen LogP contribution in [0.1, 0.15) is 24.8 Å². The van der Waals surface area contributed by atoms with Crippen molar-refractivity contribution in [1.29, 1.82) is 0 Å². The Morgan fingerprint density at radius 2 is 1.63 bits per heavy atom. The number of hydrogen-bond acceptors (Lipinski definition) is 3. The first-order chi connectivity index (χ1) is 12.5. The topological polar surface area (TPSA) is 61.8 Å². The minimum atomic E-state index is -3.17. The highest BCUT2D eigenvalue weighted by atomic mass is 127. The second kappa shape index (κ2) is 10.1. The molecule has 0 radical (unpaired) electrons. The number of piperidine rings is 1. The fraction of sp³-hybridized carbons (Fsp3) is 0.350. The van der Waals surface area contributed by atoms with Crippen molar-refractivity contribution in [2.45, 2.75) is 30.7 Å². The Morgan fingerprint density at radius 1 is 1.00 bits per heavy atom. The van der Waals surface area contributed by atoms with E-state index in [1.165, 1.54) is 25.5 Å². The minimum Gasteiger partial charge on any atom is -0.343 e. The van der Waals surface area contributed by atoms with E-state index in [4.69, 9.17) is 4.99 Å². The van der Waals surface area contributed by atoms with Crippen LogP contribution in [0.3, 0.4) is 0 Å². The molecule has 0 aromatic heterocycles. The number of rotatable bonds is 4. The molecule has 1 heterocycles. The van der Waals surface area contributed by atoms with Gasteiger partial charge in [0, 0.05) is 25.0 Å². The molecule has 7 heteroatoms. The monoisotopic (exact) mass is 499 g/mol. The maximum atomic E-state index is 11.6. The molecule has 1 N–H and O–H groups in total. The number of para-hydroxylation sites is 1. The maximum absolute atomic E-state index is 11.6. The van der Waals surface area contributed by atoms with Gasteiger partial charge in [0.15, 0.2) is 15.8 Å². The van der Waals surface area contributed by atoms with Crippen LogP contribution < -0.4 is 5.32 Å². The summed E-state index contributed by atoms with van der Waals surface area (Å²) in [6, 6.07) is 17.0. The van der Waals surface area contributed by atoms with Crippen molar-refractivity contribution < 1.29 is 8.42 Å². The first-order valence-corrected chi connectivity index (χ1v) is 10.8. The van der Waals surface area contributed by atoms with E-state index in [-0.39, 0.29) is 24.0 Å². The van der Waals surface area contributed by atoms with Gasteiger partial charge in [-0.05, 0) is 49.1 Å². The number of anilines is 1. The third-order valence-electron chi connectivity index (χ3n) is 4.45. The van der Waals surface area contributed by atoms with Gasteiger partial charge in [0.25, 0.3) is 0 Å². The van der Waals surface area contributed by atoms with E-state index in [1.54, 1.807) is 12.1 Å². The fourth-order valence-electron chi connectivity index (χ4n) is 2.98. The predicted molar refractivity (Wildman–Crippen MR) is 122 cm³/mol. The molecule has 3 rings (SSSR count). The van der Waals surface area contributed by atoms with Gasteiger partial charge < -0.3 is 10.2 Å². The third-order valence-corrected chi connectivity index (χ3v) is 5.58. The number of likely N-dealkylation sites (tertiary alicyclic amines) is 1. The molecule has 1 aliphatic rings. The Kier molecular flexibility index (Phi) is 8.09. The SMILES string of the molecule is CS(=O)(=O)c1ccc(CN=C(Nc2ccccc2)N2CCCCC2)cc1.I. The number of sulfone groups is 1. The molecule has 0 bridgehead atoms. The molecule has 0 atom stereocenters. The molecule has 0 saturated carbocycles. The van der Waals surface area contributed by atoms with Gasteiger partial charge in [-0.25, -0.2) is 13.4 Å². The van der Waals surface area contributed by atoms with E-state index in [1.807, 2.05) is 42.5 Å². The van der Waals surface area contributed by atoms with Crippen LogP contribution in [0.25, 0.3) is 0 Å². The van der Waals surface area contributed by atoms with Crippen molar-refractivity contribution >= 4 is 45.5 Å². The molecule has 2 aromatic rings. The average Bonchev–Trinajstić information content (AvgIpc) is 2.66. The van der Waals surface area contributed by atoms with Crippen LogP contribution in [0.15, 0.2) is 64.5 Å². The first-order valence-electron chi connectivity index (χ1n) is 8.93. The number of nitrogens with zero attached hydrogens (tertiary/aromatic N) is 2. The molecular formula is C20H26IN3O2S. The summed E-state index contributed by atoms with van der Waals surface area (Å²) in [4.78, 5) is 7.42. The lowest BCUT2D eigenvalue weighted by Crippen LogP contribution is -2.40. The summed E-state index contributed by atoms with van der Waals surface area (Å²) in [5.74, 6) is 0.878. The molecule has 1 fully saturated rings. The summed E-state index contributed by atoms with van der Waals surface area (Å²) in [5.41, 5.74) is 2.01. The van der Waals surface area contributed by atoms with Gasteiger partial charge in [-0.1, -0.05) is 30.3 Å². The van der Waals surface area contributed by atoms with E-state index < -0.39 is 9.84 Å². The molecule has 0 aliphatic carbocycles. The van der Waals surface area contributed by atoms with Crippen LogP contribution in [0.2, 0.25) is 0 Å². The highest BCUT2D eigenvalue weighted by Crippen LogP contribution is 2.15. The third kappa shape index (κ3) is 6.49. The Labute approximate surface area is 178 Å². The Balaban J connectivity index is 0.00000261. The predicted octanol–water partition coefficient (Wildman–Crippen LogP) is 4.16. The van der Waals surface area contributed by atoms with Crippen molar-refractivity contribution in [2.75, 3.05) is 24.7 Å². The summed E-state index contributed by atoms with van der Waals surface area (Å²) in [7, 11) is -3.17. The van der Waals surface area contributed by atoms with E-state index in [0.717, 1.165) is 30.3 Å². The van der Waals surface area contributed by atoms with Gasteiger partial charge in [-0.15, -0.1) is 24.0 Å².